The van der Waals surface area contributed by atoms with Crippen LogP contribution in [0.5, 0.6) is 17.4 Å². The van der Waals surface area contributed by atoms with E-state index in [-0.39, 0.29) is 36.5 Å². The van der Waals surface area contributed by atoms with Gasteiger partial charge in [0, 0.05) is 44.5 Å². The minimum Gasteiger partial charge on any atom is -0.474 e. The fourth-order valence-electron chi connectivity index (χ4n) is 5.90. The monoisotopic (exact) mass is 619 g/mol. The zero-order chi connectivity index (χ0) is 31.7. The Bertz CT molecular complexity index is 1760. The maximum absolute atomic E-state index is 14.0. The van der Waals surface area contributed by atoms with Crippen molar-refractivity contribution in [2.24, 2.45) is 0 Å². The van der Waals surface area contributed by atoms with Crippen LogP contribution in [0.4, 0.5) is 13.2 Å². The van der Waals surface area contributed by atoms with Crippen molar-refractivity contribution in [2.75, 3.05) is 26.7 Å². The fraction of sp³-hybridized carbons (Fsp3) is 0.406. The second-order valence-electron chi connectivity index (χ2n) is 11.6. The van der Waals surface area contributed by atoms with Gasteiger partial charge in [-0.05, 0) is 61.7 Å². The zero-order valence-corrected chi connectivity index (χ0v) is 24.9. The molecule has 6 heterocycles. The number of aromatic nitrogens is 4. The minimum atomic E-state index is -4.68. The number of hydrogen-bond acceptors (Lipinski definition) is 8. The molecule has 1 N–H and O–H groups in total. The van der Waals surface area contributed by atoms with Gasteiger partial charge < -0.3 is 24.3 Å². The smallest absolute Gasteiger partial charge is 0.421 e. The number of nitrogens with one attached hydrogen (secondary N) is 1. The van der Waals surface area contributed by atoms with Gasteiger partial charge in [0.1, 0.15) is 40.6 Å². The van der Waals surface area contributed by atoms with E-state index in [0.717, 1.165) is 36.8 Å². The lowest BCUT2D eigenvalue weighted by Gasteiger charge is -2.34. The third kappa shape index (κ3) is 6.56. The number of carbonyl (C=O) groups is 1. The SMILES string of the molecule is CC[C@@H]1CN(C(=O)Cc2cnc(OC3CCN(C)CC3)c(C(F)(F)F)c2)Cc2cc(Oc3ccnc4[nH]c(C#N)cc34)cnc21. The number of carbonyl (C=O) groups excluding carboxylic acids is 1. The molecule has 0 spiro atoms. The first-order chi connectivity index (χ1) is 21.6. The Labute approximate surface area is 257 Å². The van der Waals surface area contributed by atoms with Crippen molar-refractivity contribution in [3.8, 4) is 23.4 Å². The number of hydrogen-bond donors (Lipinski definition) is 1. The molecule has 0 aromatic carbocycles. The van der Waals surface area contributed by atoms with E-state index >= 15 is 0 Å². The number of amides is 1. The Balaban J connectivity index is 1.19. The number of piperidine rings is 1. The summed E-state index contributed by atoms with van der Waals surface area (Å²) in [6, 6.07) is 8.21. The summed E-state index contributed by atoms with van der Waals surface area (Å²) in [6.45, 7) is 4.12. The molecular weight excluding hydrogens is 587 g/mol. The van der Waals surface area contributed by atoms with Gasteiger partial charge in [-0.2, -0.15) is 18.4 Å². The summed E-state index contributed by atoms with van der Waals surface area (Å²) in [5.74, 6) is 0.142. The lowest BCUT2D eigenvalue weighted by molar-refractivity contribution is -0.140. The van der Waals surface area contributed by atoms with Gasteiger partial charge in [0.25, 0.3) is 0 Å². The van der Waals surface area contributed by atoms with Gasteiger partial charge in [0.15, 0.2) is 0 Å². The Kier molecular flexibility index (Phi) is 8.33. The molecule has 234 valence electrons. The predicted octanol–water partition coefficient (Wildman–Crippen LogP) is 5.59. The summed E-state index contributed by atoms with van der Waals surface area (Å²) in [6.07, 6.45) is 1.20. The average molecular weight is 620 g/mol. The number of H-pyrrole nitrogens is 1. The quantitative estimate of drug-likeness (QED) is 0.285. The first-order valence-corrected chi connectivity index (χ1v) is 14.8. The Morgan fingerprint density at radius 2 is 1.96 bits per heavy atom. The second kappa shape index (κ2) is 12.4. The zero-order valence-electron chi connectivity index (χ0n) is 24.9. The van der Waals surface area contributed by atoms with Gasteiger partial charge in [-0.15, -0.1) is 0 Å². The number of fused-ring (bicyclic) bond motifs is 2. The number of nitrogens with zero attached hydrogens (tertiary/aromatic N) is 6. The molecule has 1 fully saturated rings. The Morgan fingerprint density at radius 3 is 2.69 bits per heavy atom. The highest BCUT2D eigenvalue weighted by Crippen LogP contribution is 2.38. The van der Waals surface area contributed by atoms with E-state index in [1.54, 1.807) is 29.4 Å². The van der Waals surface area contributed by atoms with Crippen LogP contribution < -0.4 is 9.47 Å². The Hall–Kier alpha value is -4.70. The number of likely N-dealkylation sites (tertiary alicyclic amines) is 1. The lowest BCUT2D eigenvalue weighted by atomic mass is 9.92. The van der Waals surface area contributed by atoms with E-state index in [1.807, 2.05) is 20.0 Å². The van der Waals surface area contributed by atoms with Gasteiger partial charge in [-0.1, -0.05) is 6.92 Å². The molecule has 0 bridgehead atoms. The molecule has 2 aliphatic rings. The van der Waals surface area contributed by atoms with Gasteiger partial charge in [-0.25, -0.2) is 9.97 Å². The van der Waals surface area contributed by atoms with Crippen LogP contribution in [0.15, 0.2) is 42.9 Å². The summed E-state index contributed by atoms with van der Waals surface area (Å²) >= 11 is 0. The van der Waals surface area contributed by atoms with Crippen LogP contribution in [0.25, 0.3) is 11.0 Å². The molecule has 6 rings (SSSR count). The van der Waals surface area contributed by atoms with Crippen LogP contribution in [0.2, 0.25) is 0 Å². The highest BCUT2D eigenvalue weighted by Gasteiger charge is 2.37. The topological polar surface area (TPSA) is 120 Å². The number of pyridine rings is 3. The van der Waals surface area contributed by atoms with Crippen LogP contribution in [0.3, 0.4) is 0 Å². The van der Waals surface area contributed by atoms with Gasteiger partial charge in [0.05, 0.1) is 23.7 Å². The largest absolute Gasteiger partial charge is 0.474 e. The molecule has 10 nitrogen and oxygen atoms in total. The van der Waals surface area contributed by atoms with E-state index in [2.05, 4.69) is 30.9 Å². The fourth-order valence-corrected chi connectivity index (χ4v) is 5.90. The van der Waals surface area contributed by atoms with Gasteiger partial charge >= 0.3 is 6.18 Å². The molecule has 0 unspecified atom stereocenters. The molecule has 45 heavy (non-hydrogen) atoms. The summed E-state index contributed by atoms with van der Waals surface area (Å²) in [4.78, 5) is 33.1. The van der Waals surface area contributed by atoms with E-state index in [4.69, 9.17) is 9.47 Å². The van der Waals surface area contributed by atoms with Crippen molar-refractivity contribution in [1.82, 2.24) is 29.7 Å². The third-order valence-electron chi connectivity index (χ3n) is 8.36. The number of nitriles is 1. The van der Waals surface area contributed by atoms with Crippen molar-refractivity contribution in [3.05, 3.63) is 70.9 Å². The molecule has 1 saturated heterocycles. The summed E-state index contributed by atoms with van der Waals surface area (Å²) < 4.78 is 53.9. The predicted molar refractivity (Wildman–Crippen MR) is 158 cm³/mol. The molecule has 1 atom stereocenters. The van der Waals surface area contributed by atoms with Crippen molar-refractivity contribution >= 4 is 16.9 Å². The molecule has 4 aromatic rings. The number of rotatable bonds is 7. The number of alkyl halides is 3. The normalized spacial score (nSPS) is 17.6. The maximum Gasteiger partial charge on any atom is 0.421 e. The van der Waals surface area contributed by atoms with E-state index in [1.165, 1.54) is 6.20 Å². The maximum atomic E-state index is 14.0. The minimum absolute atomic E-state index is 0.0450. The van der Waals surface area contributed by atoms with Crippen LogP contribution >= 0.6 is 0 Å². The Morgan fingerprint density at radius 1 is 1.16 bits per heavy atom. The second-order valence-corrected chi connectivity index (χ2v) is 11.6. The molecular formula is C32H32F3N7O3. The van der Waals surface area contributed by atoms with E-state index < -0.39 is 17.6 Å². The first kappa shape index (κ1) is 30.3. The lowest BCUT2D eigenvalue weighted by Crippen LogP contribution is -2.39. The molecule has 13 heteroatoms. The molecule has 0 saturated carbocycles. The standard InChI is InChI=1S/C32H32F3N7O3/c1-3-20-17-42(18-21-12-24(16-38-29(20)21)44-27-4-7-37-30-25(27)13-22(14-36)40-30)28(43)11-19-10-26(32(33,34)35)31(39-15-19)45-23-5-8-41(2)9-6-23/h4,7,10,12-13,15-16,20,23H,3,5-6,8-9,11,17-18H2,1-2H3,(H,37,40)/t20-/m1/s1. The molecule has 0 radical (unpaired) electrons. The first-order valence-electron chi connectivity index (χ1n) is 14.8. The van der Waals surface area contributed by atoms with Crippen LogP contribution in [-0.4, -0.2) is 68.4 Å². The van der Waals surface area contributed by atoms with Crippen LogP contribution in [0, 0.1) is 11.3 Å². The number of ether oxygens (including phenoxy) is 2. The molecule has 0 aliphatic carbocycles. The van der Waals surface area contributed by atoms with Gasteiger partial charge in [0.2, 0.25) is 11.8 Å². The van der Waals surface area contributed by atoms with Crippen molar-refractivity contribution in [1.29, 1.82) is 5.26 Å². The third-order valence-corrected chi connectivity index (χ3v) is 8.36. The number of aromatic amines is 1. The van der Waals surface area contributed by atoms with Crippen LogP contribution in [0.1, 0.15) is 60.2 Å². The number of halogens is 3. The summed E-state index contributed by atoms with van der Waals surface area (Å²) in [5, 5.41) is 9.88. The van der Waals surface area contributed by atoms with E-state index in [0.29, 0.717) is 47.6 Å². The van der Waals surface area contributed by atoms with Crippen molar-refractivity contribution in [3.63, 3.8) is 0 Å². The van der Waals surface area contributed by atoms with E-state index in [9.17, 15) is 23.2 Å². The summed E-state index contributed by atoms with van der Waals surface area (Å²) in [5.41, 5.74) is 1.73. The molecule has 2 aliphatic heterocycles. The highest BCUT2D eigenvalue weighted by atomic mass is 19.4. The van der Waals surface area contributed by atoms with Gasteiger partial charge in [-0.3, -0.25) is 9.78 Å². The summed E-state index contributed by atoms with van der Waals surface area (Å²) in [7, 11) is 1.96. The highest BCUT2D eigenvalue weighted by molar-refractivity contribution is 5.84. The van der Waals surface area contributed by atoms with Crippen molar-refractivity contribution in [2.45, 2.75) is 57.3 Å². The van der Waals surface area contributed by atoms with Crippen LogP contribution in [-0.2, 0) is 23.9 Å². The molecule has 4 aromatic heterocycles. The van der Waals surface area contributed by atoms with Crippen molar-refractivity contribution < 1.29 is 27.4 Å². The average Bonchev–Trinajstić information content (AvgIpc) is 3.46. The molecule has 1 amide bonds.